The first-order valence-corrected chi connectivity index (χ1v) is 8.57. The third-order valence-electron chi connectivity index (χ3n) is 3.08. The molecule has 0 aromatic heterocycles. The Morgan fingerprint density at radius 3 is 2.00 bits per heavy atom. The number of rotatable bonds is 8. The molecule has 0 aliphatic carbocycles. The molecule has 0 amide bonds. The van der Waals surface area contributed by atoms with E-state index in [2.05, 4.69) is 9.47 Å². The Kier molecular flexibility index (Phi) is 6.28. The second kappa shape index (κ2) is 8.29. The largest absolute Gasteiger partial charge is 0.478 e. The van der Waals surface area contributed by atoms with Crippen molar-refractivity contribution >= 4 is 21.7 Å². The first kappa shape index (κ1) is 21.2. The minimum absolute atomic E-state index is 0.370. The molecule has 0 bridgehead atoms. The van der Waals surface area contributed by atoms with Crippen molar-refractivity contribution in [2.75, 3.05) is 4.72 Å². The van der Waals surface area contributed by atoms with E-state index in [0.717, 1.165) is 24.3 Å². The number of ether oxygens (including phenoxy) is 2. The third kappa shape index (κ3) is 5.22. The highest BCUT2D eigenvalue weighted by Crippen LogP contribution is 2.34. The van der Waals surface area contributed by atoms with Crippen molar-refractivity contribution < 1.29 is 49.7 Å². The lowest BCUT2D eigenvalue weighted by Gasteiger charge is -2.14. The standard InChI is InChI=1S/C15H10F5NO6S/c16-12-10(26-14(17)18)5-8(6-11(12)27-15(19)20)21-28(24,25)9-3-1-2-7(4-9)13(22)23/h1-6,14-15,21H,(H,22,23). The minimum atomic E-state index is -4.49. The van der Waals surface area contributed by atoms with Gasteiger partial charge in [-0.25, -0.2) is 13.2 Å². The highest BCUT2D eigenvalue weighted by atomic mass is 32.2. The van der Waals surface area contributed by atoms with Crippen LogP contribution in [0, 0.1) is 5.82 Å². The van der Waals surface area contributed by atoms with E-state index in [1.165, 1.54) is 0 Å². The molecule has 0 aliphatic rings. The summed E-state index contributed by atoms with van der Waals surface area (Å²) in [4.78, 5) is 10.4. The maximum atomic E-state index is 13.9. The summed E-state index contributed by atoms with van der Waals surface area (Å²) in [7, 11) is -4.49. The van der Waals surface area contributed by atoms with E-state index < -0.39 is 57.1 Å². The second-order valence-electron chi connectivity index (χ2n) is 4.98. The van der Waals surface area contributed by atoms with Crippen LogP contribution in [-0.4, -0.2) is 32.7 Å². The Bertz CT molecular complexity index is 952. The third-order valence-corrected chi connectivity index (χ3v) is 4.46. The van der Waals surface area contributed by atoms with E-state index >= 15 is 0 Å². The predicted octanol–water partition coefficient (Wildman–Crippen LogP) is 3.53. The van der Waals surface area contributed by atoms with Crippen LogP contribution in [0.1, 0.15) is 10.4 Å². The summed E-state index contributed by atoms with van der Waals surface area (Å²) in [6.45, 7) is -7.07. The summed E-state index contributed by atoms with van der Waals surface area (Å²) in [5.74, 6) is -5.61. The van der Waals surface area contributed by atoms with Gasteiger partial charge in [-0.3, -0.25) is 4.72 Å². The van der Waals surface area contributed by atoms with Crippen LogP contribution >= 0.6 is 0 Å². The number of carbonyl (C=O) groups is 1. The lowest BCUT2D eigenvalue weighted by Crippen LogP contribution is -2.15. The van der Waals surface area contributed by atoms with Gasteiger partial charge in [-0.1, -0.05) is 6.07 Å². The van der Waals surface area contributed by atoms with Gasteiger partial charge < -0.3 is 14.6 Å². The van der Waals surface area contributed by atoms with Gasteiger partial charge in [-0.15, -0.1) is 0 Å². The molecule has 2 aromatic carbocycles. The van der Waals surface area contributed by atoms with Gasteiger partial charge in [0.2, 0.25) is 5.82 Å². The van der Waals surface area contributed by atoms with Crippen LogP contribution in [0.3, 0.4) is 0 Å². The van der Waals surface area contributed by atoms with Crippen LogP contribution in [0.25, 0.3) is 0 Å². The normalized spacial score (nSPS) is 11.5. The van der Waals surface area contributed by atoms with Crippen molar-refractivity contribution in [1.82, 2.24) is 0 Å². The molecule has 0 spiro atoms. The van der Waals surface area contributed by atoms with Crippen LogP contribution < -0.4 is 14.2 Å². The van der Waals surface area contributed by atoms with Crippen molar-refractivity contribution in [2.24, 2.45) is 0 Å². The fourth-order valence-corrected chi connectivity index (χ4v) is 3.09. The van der Waals surface area contributed by atoms with E-state index in [0.29, 0.717) is 12.1 Å². The fourth-order valence-electron chi connectivity index (χ4n) is 2.01. The fraction of sp³-hybridized carbons (Fsp3) is 0.133. The van der Waals surface area contributed by atoms with E-state index in [1.807, 2.05) is 4.72 Å². The number of carboxylic acids is 1. The zero-order chi connectivity index (χ0) is 21.1. The van der Waals surface area contributed by atoms with Crippen LogP contribution in [0.5, 0.6) is 11.5 Å². The molecule has 0 heterocycles. The van der Waals surface area contributed by atoms with Crippen LogP contribution in [-0.2, 0) is 10.0 Å². The Morgan fingerprint density at radius 2 is 1.54 bits per heavy atom. The first-order chi connectivity index (χ1) is 13.0. The monoisotopic (exact) mass is 427 g/mol. The molecule has 28 heavy (non-hydrogen) atoms. The number of sulfonamides is 1. The zero-order valence-corrected chi connectivity index (χ0v) is 14.2. The van der Waals surface area contributed by atoms with Crippen LogP contribution in [0.15, 0.2) is 41.3 Å². The average molecular weight is 427 g/mol. The molecule has 0 fully saturated rings. The first-order valence-electron chi connectivity index (χ1n) is 7.09. The lowest BCUT2D eigenvalue weighted by molar-refractivity contribution is -0.0587. The molecule has 7 nitrogen and oxygen atoms in total. The Balaban J connectivity index is 2.46. The van der Waals surface area contributed by atoms with Gasteiger partial charge in [-0.05, 0) is 18.2 Å². The summed E-state index contributed by atoms with van der Waals surface area (Å²) in [6, 6.07) is 5.02. The number of hydrogen-bond donors (Lipinski definition) is 2. The van der Waals surface area contributed by atoms with Gasteiger partial charge in [0.1, 0.15) is 0 Å². The number of anilines is 1. The predicted molar refractivity (Wildman–Crippen MR) is 83.9 cm³/mol. The summed E-state index contributed by atoms with van der Waals surface area (Å²) >= 11 is 0. The summed E-state index contributed by atoms with van der Waals surface area (Å²) < 4.78 is 97.6. The molecule has 0 unspecified atom stereocenters. The van der Waals surface area contributed by atoms with E-state index in [4.69, 9.17) is 5.11 Å². The van der Waals surface area contributed by atoms with Gasteiger partial charge in [-0.2, -0.15) is 22.0 Å². The quantitative estimate of drug-likeness (QED) is 0.625. The van der Waals surface area contributed by atoms with Gasteiger partial charge in [0.25, 0.3) is 10.0 Å². The molecule has 2 aromatic rings. The van der Waals surface area contributed by atoms with Crippen LogP contribution in [0.4, 0.5) is 27.6 Å². The number of halogens is 5. The summed E-state index contributed by atoms with van der Waals surface area (Å²) in [5, 5.41) is 8.90. The highest BCUT2D eigenvalue weighted by Gasteiger charge is 2.22. The molecule has 0 saturated carbocycles. The summed E-state index contributed by atoms with van der Waals surface area (Å²) in [6.07, 6.45) is 0. The molecule has 13 heteroatoms. The van der Waals surface area contributed by atoms with Crippen molar-refractivity contribution in [3.8, 4) is 11.5 Å². The highest BCUT2D eigenvalue weighted by molar-refractivity contribution is 7.92. The number of benzene rings is 2. The molecule has 0 saturated heterocycles. The molecular formula is C15H10F5NO6S. The number of carboxylic acid groups (broad SMARTS) is 1. The smallest absolute Gasteiger partial charge is 0.387 e. The molecule has 0 atom stereocenters. The maximum absolute atomic E-state index is 13.9. The molecule has 2 N–H and O–H groups in total. The zero-order valence-electron chi connectivity index (χ0n) is 13.4. The topological polar surface area (TPSA) is 102 Å². The number of aromatic carboxylic acids is 1. The molecule has 152 valence electrons. The summed E-state index contributed by atoms with van der Waals surface area (Å²) in [5.41, 5.74) is -1.01. The lowest BCUT2D eigenvalue weighted by atomic mass is 10.2. The van der Waals surface area contributed by atoms with Gasteiger partial charge in [0.15, 0.2) is 11.5 Å². The van der Waals surface area contributed by atoms with E-state index in [9.17, 15) is 35.2 Å². The number of nitrogens with one attached hydrogen (secondary N) is 1. The SMILES string of the molecule is O=C(O)c1cccc(S(=O)(=O)Nc2cc(OC(F)F)c(F)c(OC(F)F)c2)c1. The van der Waals surface area contributed by atoms with Crippen molar-refractivity contribution in [1.29, 1.82) is 0 Å². The maximum Gasteiger partial charge on any atom is 0.387 e. The molecule has 0 aliphatic heterocycles. The van der Waals surface area contributed by atoms with Gasteiger partial charge in [0.05, 0.1) is 16.1 Å². The van der Waals surface area contributed by atoms with Gasteiger partial charge in [0, 0.05) is 12.1 Å². The molecule has 0 radical (unpaired) electrons. The van der Waals surface area contributed by atoms with Crippen molar-refractivity contribution in [3.63, 3.8) is 0 Å². The average Bonchev–Trinajstić information content (AvgIpc) is 2.57. The number of alkyl halides is 4. The van der Waals surface area contributed by atoms with Crippen LogP contribution in [0.2, 0.25) is 0 Å². The van der Waals surface area contributed by atoms with Crippen molar-refractivity contribution in [2.45, 2.75) is 18.1 Å². The molecular weight excluding hydrogens is 417 g/mol. The second-order valence-corrected chi connectivity index (χ2v) is 6.66. The Morgan fingerprint density at radius 1 is 1.00 bits per heavy atom. The van der Waals surface area contributed by atoms with Gasteiger partial charge >= 0.3 is 19.2 Å². The Labute approximate surface area is 154 Å². The minimum Gasteiger partial charge on any atom is -0.478 e. The Hall–Kier alpha value is -3.09. The number of hydrogen-bond acceptors (Lipinski definition) is 5. The van der Waals surface area contributed by atoms with E-state index in [-0.39, 0.29) is 5.56 Å². The molecule has 2 rings (SSSR count). The van der Waals surface area contributed by atoms with E-state index in [1.54, 1.807) is 0 Å². The van der Waals surface area contributed by atoms with Crippen molar-refractivity contribution in [3.05, 3.63) is 47.8 Å².